The third kappa shape index (κ3) is 3.69. The first-order chi connectivity index (χ1) is 12.1. The van der Waals surface area contributed by atoms with Crippen LogP contribution in [-0.4, -0.2) is 42.2 Å². The number of nitrogens with zero attached hydrogens (tertiary/aromatic N) is 2. The van der Waals surface area contributed by atoms with Crippen LogP contribution >= 0.6 is 0 Å². The van der Waals surface area contributed by atoms with Gasteiger partial charge in [0.05, 0.1) is 23.8 Å². The molecule has 0 saturated carbocycles. The van der Waals surface area contributed by atoms with Crippen LogP contribution in [0.2, 0.25) is 0 Å². The molecule has 1 saturated heterocycles. The van der Waals surface area contributed by atoms with E-state index in [1.807, 2.05) is 4.90 Å². The predicted molar refractivity (Wildman–Crippen MR) is 92.2 cm³/mol. The van der Waals surface area contributed by atoms with Gasteiger partial charge in [0.2, 0.25) is 0 Å². The summed E-state index contributed by atoms with van der Waals surface area (Å²) >= 11 is 0. The third-order valence-corrected chi connectivity index (χ3v) is 3.94. The molecule has 1 aliphatic heterocycles. The number of rotatable bonds is 4. The van der Waals surface area contributed by atoms with Crippen LogP contribution < -0.4 is 10.2 Å². The minimum Gasteiger partial charge on any atom is -0.506 e. The minimum absolute atomic E-state index is 0.0738. The van der Waals surface area contributed by atoms with Gasteiger partial charge >= 0.3 is 0 Å². The van der Waals surface area contributed by atoms with E-state index >= 15 is 0 Å². The molecule has 2 N–H and O–H groups in total. The van der Waals surface area contributed by atoms with E-state index < -0.39 is 10.8 Å². The SMILES string of the molecule is O=C(Nc1ccccc1O)c1ccc(N2CCOCC2)c([N+](=O)[O-])c1. The van der Waals surface area contributed by atoms with Crippen molar-refractivity contribution in [1.29, 1.82) is 0 Å². The van der Waals surface area contributed by atoms with Crippen molar-refractivity contribution in [3.05, 3.63) is 58.1 Å². The maximum Gasteiger partial charge on any atom is 0.293 e. The number of amides is 1. The van der Waals surface area contributed by atoms with Gasteiger partial charge in [-0.25, -0.2) is 0 Å². The van der Waals surface area contributed by atoms with Crippen molar-refractivity contribution in [1.82, 2.24) is 0 Å². The lowest BCUT2D eigenvalue weighted by atomic mass is 10.1. The molecule has 1 amide bonds. The van der Waals surface area contributed by atoms with Gasteiger partial charge < -0.3 is 20.1 Å². The molecule has 8 heteroatoms. The van der Waals surface area contributed by atoms with Gasteiger partial charge in [-0.05, 0) is 24.3 Å². The number of para-hydroxylation sites is 2. The number of phenols is 1. The topological polar surface area (TPSA) is 105 Å². The summed E-state index contributed by atoms with van der Waals surface area (Å²) in [6, 6.07) is 10.6. The lowest BCUT2D eigenvalue weighted by molar-refractivity contribution is -0.384. The zero-order chi connectivity index (χ0) is 17.8. The number of nitro groups is 1. The summed E-state index contributed by atoms with van der Waals surface area (Å²) in [5, 5.41) is 23.7. The van der Waals surface area contributed by atoms with Crippen LogP contribution in [0.4, 0.5) is 17.1 Å². The quantitative estimate of drug-likeness (QED) is 0.502. The number of carbonyl (C=O) groups is 1. The Kier molecular flexibility index (Phi) is 4.80. The fraction of sp³-hybridized carbons (Fsp3) is 0.235. The fourth-order valence-corrected chi connectivity index (χ4v) is 2.66. The summed E-state index contributed by atoms with van der Waals surface area (Å²) in [6.45, 7) is 2.13. The van der Waals surface area contributed by atoms with Gasteiger partial charge in [-0.2, -0.15) is 0 Å². The molecule has 0 aliphatic carbocycles. The van der Waals surface area contributed by atoms with E-state index in [9.17, 15) is 20.0 Å². The van der Waals surface area contributed by atoms with Gasteiger partial charge in [-0.3, -0.25) is 14.9 Å². The molecule has 2 aromatic rings. The van der Waals surface area contributed by atoms with E-state index in [-0.39, 0.29) is 22.7 Å². The first kappa shape index (κ1) is 16.7. The average molecular weight is 343 g/mol. The predicted octanol–water partition coefficient (Wildman–Crippen LogP) is 2.39. The number of phenolic OH excluding ortho intramolecular Hbond substituents is 1. The highest BCUT2D eigenvalue weighted by molar-refractivity contribution is 6.05. The van der Waals surface area contributed by atoms with Gasteiger partial charge in [-0.15, -0.1) is 0 Å². The minimum atomic E-state index is -0.530. The molecule has 0 unspecified atom stereocenters. The molecule has 3 rings (SSSR count). The molecular formula is C17H17N3O5. The third-order valence-electron chi connectivity index (χ3n) is 3.94. The van der Waals surface area contributed by atoms with Crippen molar-refractivity contribution in [2.24, 2.45) is 0 Å². The zero-order valence-corrected chi connectivity index (χ0v) is 13.3. The van der Waals surface area contributed by atoms with Crippen LogP contribution in [-0.2, 0) is 4.74 Å². The Morgan fingerprint density at radius 3 is 2.60 bits per heavy atom. The number of carbonyl (C=O) groups excluding carboxylic acids is 1. The second kappa shape index (κ2) is 7.18. The maximum atomic E-state index is 12.4. The molecule has 0 spiro atoms. The number of benzene rings is 2. The van der Waals surface area contributed by atoms with Gasteiger partial charge in [0.15, 0.2) is 0 Å². The molecule has 0 bridgehead atoms. The van der Waals surface area contributed by atoms with Crippen molar-refractivity contribution in [2.45, 2.75) is 0 Å². The first-order valence-electron chi connectivity index (χ1n) is 7.77. The van der Waals surface area contributed by atoms with Crippen LogP contribution in [0.15, 0.2) is 42.5 Å². The van der Waals surface area contributed by atoms with Crippen LogP contribution in [0.5, 0.6) is 5.75 Å². The highest BCUT2D eigenvalue weighted by Crippen LogP contribution is 2.30. The molecule has 25 heavy (non-hydrogen) atoms. The van der Waals surface area contributed by atoms with E-state index in [0.29, 0.717) is 32.0 Å². The summed E-state index contributed by atoms with van der Waals surface area (Å²) in [6.07, 6.45) is 0. The molecular weight excluding hydrogens is 326 g/mol. The van der Waals surface area contributed by atoms with Crippen LogP contribution in [0.1, 0.15) is 10.4 Å². The summed E-state index contributed by atoms with van der Waals surface area (Å²) in [5.74, 6) is -0.603. The Morgan fingerprint density at radius 2 is 1.92 bits per heavy atom. The molecule has 1 fully saturated rings. The summed E-state index contributed by atoms with van der Waals surface area (Å²) in [7, 11) is 0. The van der Waals surface area contributed by atoms with Gasteiger partial charge in [0.25, 0.3) is 11.6 Å². The summed E-state index contributed by atoms with van der Waals surface area (Å²) < 4.78 is 5.26. The largest absolute Gasteiger partial charge is 0.506 e. The van der Waals surface area contributed by atoms with Crippen molar-refractivity contribution < 1.29 is 19.6 Å². The zero-order valence-electron chi connectivity index (χ0n) is 13.3. The van der Waals surface area contributed by atoms with Gasteiger partial charge in [-0.1, -0.05) is 12.1 Å². The molecule has 2 aromatic carbocycles. The Balaban J connectivity index is 1.87. The number of morpholine rings is 1. The summed E-state index contributed by atoms with van der Waals surface area (Å²) in [5.41, 5.74) is 0.721. The number of anilines is 2. The Morgan fingerprint density at radius 1 is 1.20 bits per heavy atom. The lowest BCUT2D eigenvalue weighted by Crippen LogP contribution is -2.36. The fourth-order valence-electron chi connectivity index (χ4n) is 2.66. The Bertz CT molecular complexity index is 803. The van der Waals surface area contributed by atoms with E-state index in [4.69, 9.17) is 4.74 Å². The van der Waals surface area contributed by atoms with Crippen LogP contribution in [0.3, 0.4) is 0 Å². The van der Waals surface area contributed by atoms with E-state index in [1.165, 1.54) is 18.2 Å². The van der Waals surface area contributed by atoms with E-state index in [2.05, 4.69) is 5.32 Å². The second-order valence-electron chi connectivity index (χ2n) is 5.53. The first-order valence-corrected chi connectivity index (χ1v) is 7.77. The average Bonchev–Trinajstić information content (AvgIpc) is 2.63. The standard InChI is InChI=1S/C17H17N3O5/c21-16-4-2-1-3-13(16)18-17(22)12-5-6-14(15(11-12)20(23)24)19-7-9-25-10-8-19/h1-6,11,21H,7-10H2,(H,18,22). The van der Waals surface area contributed by atoms with E-state index in [0.717, 1.165) is 0 Å². The molecule has 0 aromatic heterocycles. The molecule has 0 atom stereocenters. The second-order valence-corrected chi connectivity index (χ2v) is 5.53. The molecule has 130 valence electrons. The summed E-state index contributed by atoms with van der Waals surface area (Å²) in [4.78, 5) is 25.1. The van der Waals surface area contributed by atoms with Crippen LogP contribution in [0.25, 0.3) is 0 Å². The maximum absolute atomic E-state index is 12.4. The van der Waals surface area contributed by atoms with Gasteiger partial charge in [0, 0.05) is 24.7 Å². The Labute approximate surface area is 143 Å². The van der Waals surface area contributed by atoms with Crippen molar-refractivity contribution in [3.63, 3.8) is 0 Å². The normalized spacial score (nSPS) is 14.2. The number of aromatic hydroxyl groups is 1. The number of hydrogen-bond acceptors (Lipinski definition) is 6. The van der Waals surface area contributed by atoms with Crippen molar-refractivity contribution in [3.8, 4) is 5.75 Å². The molecule has 1 aliphatic rings. The van der Waals surface area contributed by atoms with E-state index in [1.54, 1.807) is 24.3 Å². The molecule has 0 radical (unpaired) electrons. The molecule has 8 nitrogen and oxygen atoms in total. The lowest BCUT2D eigenvalue weighted by Gasteiger charge is -2.28. The number of ether oxygens (including phenoxy) is 1. The van der Waals surface area contributed by atoms with Gasteiger partial charge in [0.1, 0.15) is 11.4 Å². The van der Waals surface area contributed by atoms with Crippen LogP contribution in [0, 0.1) is 10.1 Å². The number of hydrogen-bond donors (Lipinski definition) is 2. The highest BCUT2D eigenvalue weighted by atomic mass is 16.6. The Hall–Kier alpha value is -3.13. The number of nitrogens with one attached hydrogen (secondary N) is 1. The smallest absolute Gasteiger partial charge is 0.293 e. The molecule has 1 heterocycles. The van der Waals surface area contributed by atoms with Crippen molar-refractivity contribution >= 4 is 23.0 Å². The number of nitro benzene ring substituents is 1. The van der Waals surface area contributed by atoms with Crippen molar-refractivity contribution in [2.75, 3.05) is 36.5 Å². The highest BCUT2D eigenvalue weighted by Gasteiger charge is 2.23. The monoisotopic (exact) mass is 343 g/mol.